The highest BCUT2D eigenvalue weighted by atomic mass is 16.2. The number of benzene rings is 1. The average Bonchev–Trinajstić information content (AvgIpc) is 2.86. The first-order valence-electron chi connectivity index (χ1n) is 7.06. The molecule has 2 aromatic rings. The monoisotopic (exact) mass is 269 g/mol. The van der Waals surface area contributed by atoms with Gasteiger partial charge in [0, 0.05) is 11.1 Å². The van der Waals surface area contributed by atoms with Crippen molar-refractivity contribution in [2.24, 2.45) is 5.92 Å². The molecule has 1 aromatic heterocycles. The highest BCUT2D eigenvalue weighted by Crippen LogP contribution is 2.23. The molecule has 2 atom stereocenters. The molecule has 20 heavy (non-hydrogen) atoms. The summed E-state index contributed by atoms with van der Waals surface area (Å²) >= 11 is 0. The van der Waals surface area contributed by atoms with E-state index in [1.54, 1.807) is 0 Å². The Morgan fingerprint density at radius 3 is 2.95 bits per heavy atom. The minimum absolute atomic E-state index is 0.0332. The minimum atomic E-state index is -0.102. The van der Waals surface area contributed by atoms with Gasteiger partial charge in [0.2, 0.25) is 5.91 Å². The van der Waals surface area contributed by atoms with Crippen LogP contribution < -0.4 is 10.6 Å². The molecule has 1 aliphatic rings. The first-order valence-corrected chi connectivity index (χ1v) is 7.06. The molecule has 0 bridgehead atoms. The third kappa shape index (κ3) is 2.39. The number of nitrogens with one attached hydrogen (secondary N) is 2. The molecular formula is C16H19N3O. The number of fused-ring (bicyclic) bond motifs is 1. The minimum Gasteiger partial charge on any atom is -0.323 e. The van der Waals surface area contributed by atoms with Crippen LogP contribution in [0.2, 0.25) is 0 Å². The lowest BCUT2D eigenvalue weighted by Gasteiger charge is -2.16. The van der Waals surface area contributed by atoms with E-state index in [0.29, 0.717) is 5.92 Å². The van der Waals surface area contributed by atoms with E-state index in [1.807, 2.05) is 37.3 Å². The number of amides is 1. The van der Waals surface area contributed by atoms with E-state index < -0.39 is 0 Å². The Balaban J connectivity index is 1.90. The summed E-state index contributed by atoms with van der Waals surface area (Å²) in [6.45, 7) is 4.97. The Morgan fingerprint density at radius 1 is 1.35 bits per heavy atom. The summed E-state index contributed by atoms with van der Waals surface area (Å²) in [5, 5.41) is 7.32. The number of nitrogens with zero attached hydrogens (tertiary/aromatic N) is 1. The smallest absolute Gasteiger partial charge is 0.241 e. The third-order valence-corrected chi connectivity index (χ3v) is 3.93. The van der Waals surface area contributed by atoms with Crippen molar-refractivity contribution in [3.63, 3.8) is 0 Å². The van der Waals surface area contributed by atoms with Crippen molar-refractivity contribution in [3.05, 3.63) is 36.0 Å². The van der Waals surface area contributed by atoms with Gasteiger partial charge in [-0.15, -0.1) is 0 Å². The molecule has 1 saturated heterocycles. The van der Waals surface area contributed by atoms with Gasteiger partial charge in [-0.3, -0.25) is 9.78 Å². The number of hydrogen-bond acceptors (Lipinski definition) is 3. The number of carbonyl (C=O) groups excluding carboxylic acids is 1. The summed E-state index contributed by atoms with van der Waals surface area (Å²) in [4.78, 5) is 16.9. The predicted octanol–water partition coefficient (Wildman–Crippen LogP) is 2.48. The lowest BCUT2D eigenvalue weighted by atomic mass is 10.0. The summed E-state index contributed by atoms with van der Waals surface area (Å²) in [6.07, 6.45) is 1.05. The van der Waals surface area contributed by atoms with Gasteiger partial charge in [0.25, 0.3) is 0 Å². The van der Waals surface area contributed by atoms with Crippen molar-refractivity contribution >= 4 is 22.5 Å². The molecule has 1 aromatic carbocycles. The summed E-state index contributed by atoms with van der Waals surface area (Å²) < 4.78 is 0. The van der Waals surface area contributed by atoms with Crippen molar-refractivity contribution in [1.29, 1.82) is 0 Å². The second-order valence-electron chi connectivity index (χ2n) is 5.52. The number of para-hydroxylation sites is 1. The summed E-state index contributed by atoms with van der Waals surface area (Å²) in [5.74, 6) is 0.408. The van der Waals surface area contributed by atoms with Crippen molar-refractivity contribution in [1.82, 2.24) is 10.3 Å². The van der Waals surface area contributed by atoms with E-state index in [0.717, 1.165) is 35.2 Å². The SMILES string of the molecule is Cc1ccc2cccc(NC(=O)C3NCCC3C)c2n1. The fraction of sp³-hybridized carbons (Fsp3) is 0.375. The number of anilines is 1. The average molecular weight is 269 g/mol. The van der Waals surface area contributed by atoms with Crippen LogP contribution >= 0.6 is 0 Å². The van der Waals surface area contributed by atoms with E-state index in [2.05, 4.69) is 22.5 Å². The molecule has 2 unspecified atom stereocenters. The van der Waals surface area contributed by atoms with E-state index >= 15 is 0 Å². The van der Waals surface area contributed by atoms with Crippen molar-refractivity contribution in [2.45, 2.75) is 26.3 Å². The molecule has 2 N–H and O–H groups in total. The van der Waals surface area contributed by atoms with Crippen molar-refractivity contribution < 1.29 is 4.79 Å². The van der Waals surface area contributed by atoms with Crippen LogP contribution in [0.3, 0.4) is 0 Å². The molecule has 1 amide bonds. The van der Waals surface area contributed by atoms with E-state index in [1.165, 1.54) is 0 Å². The van der Waals surface area contributed by atoms with Crippen molar-refractivity contribution in [2.75, 3.05) is 11.9 Å². The number of hydrogen-bond donors (Lipinski definition) is 2. The van der Waals surface area contributed by atoms with Gasteiger partial charge in [-0.1, -0.05) is 25.1 Å². The molecule has 1 fully saturated rings. The second-order valence-corrected chi connectivity index (χ2v) is 5.52. The molecule has 1 aliphatic heterocycles. The van der Waals surface area contributed by atoms with Gasteiger partial charge >= 0.3 is 0 Å². The largest absolute Gasteiger partial charge is 0.323 e. The van der Waals surface area contributed by atoms with Crippen molar-refractivity contribution in [3.8, 4) is 0 Å². The van der Waals surface area contributed by atoms with Crippen LogP contribution in [0.25, 0.3) is 10.9 Å². The Labute approximate surface area is 118 Å². The van der Waals surface area contributed by atoms with Gasteiger partial charge in [0.1, 0.15) is 0 Å². The van der Waals surface area contributed by atoms with Gasteiger partial charge in [0.15, 0.2) is 0 Å². The number of aromatic nitrogens is 1. The van der Waals surface area contributed by atoms with Gasteiger partial charge in [-0.2, -0.15) is 0 Å². The van der Waals surface area contributed by atoms with E-state index in [9.17, 15) is 4.79 Å². The molecule has 0 aliphatic carbocycles. The number of aryl methyl sites for hydroxylation is 1. The molecule has 0 spiro atoms. The Morgan fingerprint density at radius 2 is 2.20 bits per heavy atom. The zero-order valence-corrected chi connectivity index (χ0v) is 11.8. The second kappa shape index (κ2) is 5.21. The van der Waals surface area contributed by atoms with Gasteiger partial charge < -0.3 is 10.6 Å². The first kappa shape index (κ1) is 13.1. The molecule has 0 saturated carbocycles. The molecular weight excluding hydrogens is 250 g/mol. The molecule has 0 radical (unpaired) electrons. The number of carbonyl (C=O) groups is 1. The third-order valence-electron chi connectivity index (χ3n) is 3.93. The number of pyridine rings is 1. The standard InChI is InChI=1S/C16H19N3O/c1-10-8-9-17-14(10)16(20)19-13-5-3-4-12-7-6-11(2)18-15(12)13/h3-7,10,14,17H,8-9H2,1-2H3,(H,19,20). The molecule has 104 valence electrons. The van der Waals surface area contributed by atoms with Crippen LogP contribution in [0.1, 0.15) is 19.0 Å². The molecule has 4 nitrogen and oxygen atoms in total. The van der Waals surface area contributed by atoms with Gasteiger partial charge in [0.05, 0.1) is 17.2 Å². The fourth-order valence-electron chi connectivity index (χ4n) is 2.74. The zero-order valence-electron chi connectivity index (χ0n) is 11.8. The predicted molar refractivity (Wildman–Crippen MR) is 80.7 cm³/mol. The maximum absolute atomic E-state index is 12.4. The van der Waals surface area contributed by atoms with Gasteiger partial charge in [-0.25, -0.2) is 0 Å². The maximum atomic E-state index is 12.4. The Hall–Kier alpha value is -1.94. The summed E-state index contributed by atoms with van der Waals surface area (Å²) in [5.41, 5.74) is 2.59. The van der Waals surface area contributed by atoms with Crippen LogP contribution in [0.5, 0.6) is 0 Å². The number of rotatable bonds is 2. The van der Waals surface area contributed by atoms with Crippen LogP contribution in [-0.4, -0.2) is 23.5 Å². The van der Waals surface area contributed by atoms with Crippen LogP contribution in [0.15, 0.2) is 30.3 Å². The topological polar surface area (TPSA) is 54.0 Å². The van der Waals surface area contributed by atoms with Crippen LogP contribution in [-0.2, 0) is 4.79 Å². The lowest BCUT2D eigenvalue weighted by Crippen LogP contribution is -2.39. The maximum Gasteiger partial charge on any atom is 0.241 e. The van der Waals surface area contributed by atoms with E-state index in [-0.39, 0.29) is 11.9 Å². The first-order chi connectivity index (χ1) is 9.65. The van der Waals surface area contributed by atoms with Crippen LogP contribution in [0, 0.1) is 12.8 Å². The molecule has 3 rings (SSSR count). The quantitative estimate of drug-likeness (QED) is 0.880. The highest BCUT2D eigenvalue weighted by molar-refractivity contribution is 6.02. The molecule has 2 heterocycles. The zero-order chi connectivity index (χ0) is 14.1. The van der Waals surface area contributed by atoms with E-state index in [4.69, 9.17) is 0 Å². The van der Waals surface area contributed by atoms with Crippen LogP contribution in [0.4, 0.5) is 5.69 Å². The summed E-state index contributed by atoms with van der Waals surface area (Å²) in [6, 6.07) is 9.77. The normalized spacial score (nSPS) is 22.1. The fourth-order valence-corrected chi connectivity index (χ4v) is 2.74. The summed E-state index contributed by atoms with van der Waals surface area (Å²) in [7, 11) is 0. The Kier molecular flexibility index (Phi) is 3.40. The highest BCUT2D eigenvalue weighted by Gasteiger charge is 2.29. The lowest BCUT2D eigenvalue weighted by molar-refractivity contribution is -0.118. The Bertz CT molecular complexity index is 653. The van der Waals surface area contributed by atoms with Gasteiger partial charge in [-0.05, 0) is 37.9 Å². The molecule has 4 heteroatoms.